The fourth-order valence-corrected chi connectivity index (χ4v) is 1.20. The van der Waals surface area contributed by atoms with Crippen molar-refractivity contribution >= 4 is 12.6 Å². The highest BCUT2D eigenvalue weighted by atomic mass is 16.5. The van der Waals surface area contributed by atoms with Gasteiger partial charge in [0.25, 0.3) is 0 Å². The molecule has 0 spiro atoms. The molecule has 0 aliphatic heterocycles. The first-order chi connectivity index (χ1) is 7.24. The third-order valence-electron chi connectivity index (χ3n) is 2.30. The number of aldehydes is 2. The van der Waals surface area contributed by atoms with Crippen molar-refractivity contribution in [3.05, 3.63) is 0 Å². The second-order valence-corrected chi connectivity index (χ2v) is 3.36. The van der Waals surface area contributed by atoms with Gasteiger partial charge in [-0.3, -0.25) is 0 Å². The molecule has 0 atom stereocenters. The molecule has 0 heterocycles. The zero-order valence-electron chi connectivity index (χ0n) is 9.53. The molecule has 4 heteroatoms. The van der Waals surface area contributed by atoms with Crippen LogP contribution in [0.2, 0.25) is 0 Å². The quantitative estimate of drug-likeness (QED) is 0.313. The molecule has 0 N–H and O–H groups in total. The Labute approximate surface area is 90.9 Å². The van der Waals surface area contributed by atoms with Gasteiger partial charge in [-0.1, -0.05) is 0 Å². The number of hydrogen-bond acceptors (Lipinski definition) is 4. The standard InChI is InChI=1S/C11H20O4/c1-3-14-7-5-11(9-12,10-13)6-8-15-4-2/h9-10H,3-8H2,1-2H3. The van der Waals surface area contributed by atoms with Crippen LogP contribution >= 0.6 is 0 Å². The summed E-state index contributed by atoms with van der Waals surface area (Å²) in [5, 5.41) is 0. The van der Waals surface area contributed by atoms with Gasteiger partial charge < -0.3 is 19.1 Å². The number of rotatable bonds is 10. The fourth-order valence-electron chi connectivity index (χ4n) is 1.20. The Hall–Kier alpha value is -0.740. The molecule has 88 valence electrons. The Balaban J connectivity index is 4.05. The van der Waals surface area contributed by atoms with Crippen molar-refractivity contribution in [1.29, 1.82) is 0 Å². The summed E-state index contributed by atoms with van der Waals surface area (Å²) in [6.45, 7) is 5.81. The van der Waals surface area contributed by atoms with Crippen molar-refractivity contribution in [3.8, 4) is 0 Å². The summed E-state index contributed by atoms with van der Waals surface area (Å²) in [5.74, 6) is 0. The lowest BCUT2D eigenvalue weighted by atomic mass is 9.85. The van der Waals surface area contributed by atoms with Gasteiger partial charge in [-0.25, -0.2) is 0 Å². The van der Waals surface area contributed by atoms with E-state index >= 15 is 0 Å². The van der Waals surface area contributed by atoms with Gasteiger partial charge in [0.1, 0.15) is 12.6 Å². The van der Waals surface area contributed by atoms with Gasteiger partial charge in [-0.2, -0.15) is 0 Å². The van der Waals surface area contributed by atoms with E-state index in [2.05, 4.69) is 0 Å². The Morgan fingerprint density at radius 3 is 1.60 bits per heavy atom. The minimum atomic E-state index is -0.926. The largest absolute Gasteiger partial charge is 0.382 e. The van der Waals surface area contributed by atoms with Crippen LogP contribution in [-0.2, 0) is 19.1 Å². The number of carbonyl (C=O) groups excluding carboxylic acids is 2. The zero-order valence-corrected chi connectivity index (χ0v) is 9.53. The van der Waals surface area contributed by atoms with Gasteiger partial charge in [-0.05, 0) is 26.7 Å². The first kappa shape index (κ1) is 14.3. The Morgan fingerprint density at radius 1 is 0.933 bits per heavy atom. The fraction of sp³-hybridized carbons (Fsp3) is 0.818. The minimum absolute atomic E-state index is 0.431. The molecular formula is C11H20O4. The normalized spacial score (nSPS) is 11.3. The third-order valence-corrected chi connectivity index (χ3v) is 2.30. The topological polar surface area (TPSA) is 52.6 Å². The first-order valence-electron chi connectivity index (χ1n) is 5.32. The van der Waals surface area contributed by atoms with E-state index in [0.29, 0.717) is 51.8 Å². The second kappa shape index (κ2) is 8.56. The van der Waals surface area contributed by atoms with Crippen LogP contribution in [0, 0.1) is 5.41 Å². The number of carbonyl (C=O) groups is 2. The molecule has 15 heavy (non-hydrogen) atoms. The summed E-state index contributed by atoms with van der Waals surface area (Å²) in [5.41, 5.74) is -0.926. The lowest BCUT2D eigenvalue weighted by Gasteiger charge is -2.20. The molecule has 0 unspecified atom stereocenters. The molecule has 0 saturated carbocycles. The molecule has 0 aromatic carbocycles. The number of ether oxygens (including phenoxy) is 2. The lowest BCUT2D eigenvalue weighted by molar-refractivity contribution is -0.129. The molecule has 0 aromatic heterocycles. The summed E-state index contributed by atoms with van der Waals surface area (Å²) in [7, 11) is 0. The van der Waals surface area contributed by atoms with Crippen LogP contribution in [-0.4, -0.2) is 39.0 Å². The molecule has 0 aromatic rings. The highest BCUT2D eigenvalue weighted by Crippen LogP contribution is 2.21. The molecule has 4 nitrogen and oxygen atoms in total. The second-order valence-electron chi connectivity index (χ2n) is 3.36. The van der Waals surface area contributed by atoms with E-state index in [9.17, 15) is 9.59 Å². The van der Waals surface area contributed by atoms with Gasteiger partial charge >= 0.3 is 0 Å². The van der Waals surface area contributed by atoms with Crippen LogP contribution in [0.1, 0.15) is 26.7 Å². The molecular weight excluding hydrogens is 196 g/mol. The van der Waals surface area contributed by atoms with Crippen LogP contribution in [0.4, 0.5) is 0 Å². The van der Waals surface area contributed by atoms with E-state index in [1.807, 2.05) is 13.8 Å². The summed E-state index contributed by atoms with van der Waals surface area (Å²) >= 11 is 0. The average molecular weight is 216 g/mol. The van der Waals surface area contributed by atoms with Gasteiger partial charge in [-0.15, -0.1) is 0 Å². The van der Waals surface area contributed by atoms with E-state index in [4.69, 9.17) is 9.47 Å². The summed E-state index contributed by atoms with van der Waals surface area (Å²) in [6.07, 6.45) is 2.28. The van der Waals surface area contributed by atoms with E-state index in [0.717, 1.165) is 0 Å². The Kier molecular flexibility index (Phi) is 8.14. The molecule has 0 aliphatic rings. The summed E-state index contributed by atoms with van der Waals surface area (Å²) in [4.78, 5) is 21.8. The highest BCUT2D eigenvalue weighted by Gasteiger charge is 2.28. The maximum Gasteiger partial charge on any atom is 0.133 e. The molecule has 0 aliphatic carbocycles. The molecule has 0 bridgehead atoms. The molecule has 0 amide bonds. The van der Waals surface area contributed by atoms with Gasteiger partial charge in [0.05, 0.1) is 5.41 Å². The summed E-state index contributed by atoms with van der Waals surface area (Å²) < 4.78 is 10.3. The Morgan fingerprint density at radius 2 is 1.33 bits per heavy atom. The minimum Gasteiger partial charge on any atom is -0.382 e. The van der Waals surface area contributed by atoms with Crippen LogP contribution in [0.5, 0.6) is 0 Å². The van der Waals surface area contributed by atoms with Gasteiger partial charge in [0.15, 0.2) is 0 Å². The molecule has 0 saturated heterocycles. The van der Waals surface area contributed by atoms with Crippen LogP contribution in [0.25, 0.3) is 0 Å². The lowest BCUT2D eigenvalue weighted by Crippen LogP contribution is -2.28. The SMILES string of the molecule is CCOCCC(C=O)(C=O)CCOCC. The van der Waals surface area contributed by atoms with Crippen LogP contribution in [0.15, 0.2) is 0 Å². The average Bonchev–Trinajstić information content (AvgIpc) is 2.28. The molecule has 0 radical (unpaired) electrons. The molecule has 0 rings (SSSR count). The van der Waals surface area contributed by atoms with Crippen LogP contribution < -0.4 is 0 Å². The van der Waals surface area contributed by atoms with Gasteiger partial charge in [0.2, 0.25) is 0 Å². The van der Waals surface area contributed by atoms with E-state index in [-0.39, 0.29) is 0 Å². The van der Waals surface area contributed by atoms with Crippen molar-refractivity contribution in [1.82, 2.24) is 0 Å². The van der Waals surface area contributed by atoms with E-state index in [1.54, 1.807) is 0 Å². The van der Waals surface area contributed by atoms with Crippen molar-refractivity contribution in [3.63, 3.8) is 0 Å². The third kappa shape index (κ3) is 5.64. The highest BCUT2D eigenvalue weighted by molar-refractivity contribution is 5.83. The van der Waals surface area contributed by atoms with Gasteiger partial charge in [0, 0.05) is 26.4 Å². The maximum atomic E-state index is 10.9. The smallest absolute Gasteiger partial charge is 0.133 e. The first-order valence-corrected chi connectivity index (χ1v) is 5.32. The predicted octanol–water partition coefficient (Wildman–Crippen LogP) is 1.22. The monoisotopic (exact) mass is 216 g/mol. The zero-order chi connectivity index (χ0) is 11.6. The number of hydrogen-bond donors (Lipinski definition) is 0. The summed E-state index contributed by atoms with van der Waals surface area (Å²) in [6, 6.07) is 0. The van der Waals surface area contributed by atoms with Crippen molar-refractivity contribution in [2.75, 3.05) is 26.4 Å². The van der Waals surface area contributed by atoms with Crippen molar-refractivity contribution < 1.29 is 19.1 Å². The van der Waals surface area contributed by atoms with E-state index in [1.165, 1.54) is 0 Å². The van der Waals surface area contributed by atoms with Crippen LogP contribution in [0.3, 0.4) is 0 Å². The van der Waals surface area contributed by atoms with E-state index < -0.39 is 5.41 Å². The predicted molar refractivity (Wildman–Crippen MR) is 56.8 cm³/mol. The molecule has 0 fully saturated rings. The van der Waals surface area contributed by atoms with Crippen molar-refractivity contribution in [2.45, 2.75) is 26.7 Å². The Bertz CT molecular complexity index is 159. The maximum absolute atomic E-state index is 10.9. The van der Waals surface area contributed by atoms with Crippen molar-refractivity contribution in [2.24, 2.45) is 5.41 Å².